The number of nitrogens with one attached hydrogen (secondary N) is 1. The number of rotatable bonds is 6. The molecule has 0 saturated carbocycles. The first-order chi connectivity index (χ1) is 18.7. The molecular weight excluding hydrogens is 514 g/mol. The first kappa shape index (κ1) is 26.1. The second-order valence-electron chi connectivity index (χ2n) is 12.0. The smallest absolute Gasteiger partial charge is 0.255 e. The van der Waals surface area contributed by atoms with Crippen molar-refractivity contribution in [3.8, 4) is 5.75 Å². The van der Waals surface area contributed by atoms with Crippen LogP contribution in [0.25, 0.3) is 5.57 Å². The van der Waals surface area contributed by atoms with Gasteiger partial charge in [-0.2, -0.15) is 0 Å². The van der Waals surface area contributed by atoms with Gasteiger partial charge in [-0.3, -0.25) is 24.6 Å². The van der Waals surface area contributed by atoms with E-state index in [9.17, 15) is 14.4 Å². The molecule has 3 aliphatic heterocycles. The monoisotopic (exact) mass is 547 g/mol. The number of amides is 3. The van der Waals surface area contributed by atoms with Crippen molar-refractivity contribution in [3.05, 3.63) is 69.8 Å². The second kappa shape index (κ2) is 10.1. The molecule has 7 nitrogen and oxygen atoms in total. The van der Waals surface area contributed by atoms with Crippen molar-refractivity contribution >= 4 is 34.9 Å². The molecule has 6 rings (SSSR count). The first-order valence-corrected chi connectivity index (χ1v) is 14.2. The lowest BCUT2D eigenvalue weighted by Crippen LogP contribution is -2.54. The Morgan fingerprint density at radius 3 is 2.56 bits per heavy atom. The molecule has 1 unspecified atom stereocenters. The molecule has 39 heavy (non-hydrogen) atoms. The molecule has 204 valence electrons. The van der Waals surface area contributed by atoms with Crippen LogP contribution < -0.4 is 10.1 Å². The number of carbonyl (C=O) groups is 3. The fraction of sp³-hybridized carbons (Fsp3) is 0.452. The second-order valence-corrected chi connectivity index (χ2v) is 12.5. The van der Waals surface area contributed by atoms with Crippen molar-refractivity contribution in [2.24, 2.45) is 5.41 Å². The lowest BCUT2D eigenvalue weighted by Gasteiger charge is -2.42. The minimum Gasteiger partial charge on any atom is -0.487 e. The van der Waals surface area contributed by atoms with Gasteiger partial charge in [0.1, 0.15) is 17.9 Å². The first-order valence-electron chi connectivity index (χ1n) is 13.8. The summed E-state index contributed by atoms with van der Waals surface area (Å²) >= 11 is 6.15. The van der Waals surface area contributed by atoms with Gasteiger partial charge in [0, 0.05) is 42.2 Å². The van der Waals surface area contributed by atoms with Gasteiger partial charge in [-0.1, -0.05) is 49.2 Å². The summed E-state index contributed by atoms with van der Waals surface area (Å²) in [6.07, 6.45) is 3.98. The zero-order chi connectivity index (χ0) is 27.3. The Labute approximate surface area is 234 Å². The molecule has 0 bridgehead atoms. The number of ether oxygens (including phenoxy) is 1. The predicted molar refractivity (Wildman–Crippen MR) is 149 cm³/mol. The van der Waals surface area contributed by atoms with E-state index in [0.29, 0.717) is 24.3 Å². The molecule has 0 aromatic heterocycles. The van der Waals surface area contributed by atoms with E-state index >= 15 is 0 Å². The fourth-order valence-corrected chi connectivity index (χ4v) is 6.43. The Morgan fingerprint density at radius 1 is 1.05 bits per heavy atom. The summed E-state index contributed by atoms with van der Waals surface area (Å²) in [5, 5.41) is 3.12. The number of halogens is 1. The molecule has 3 heterocycles. The van der Waals surface area contributed by atoms with Gasteiger partial charge in [-0.15, -0.1) is 0 Å². The number of piperidine rings is 1. The number of hydrogen-bond acceptors (Lipinski definition) is 5. The van der Waals surface area contributed by atoms with Gasteiger partial charge in [0.05, 0.1) is 6.54 Å². The standard InChI is InChI=1S/C31H34ClN3O4/c1-31(2)13-12-20(24(14-31)19-6-8-21(32)9-7-19)15-34-16-22(17-34)39-27-5-3-4-23-25(27)18-35(30(23)38)26-10-11-28(36)33-29(26)37/h3-9,22,26H,10-18H2,1-2H3,(H,33,36,37). The number of carbonyl (C=O) groups excluding carboxylic acids is 3. The molecule has 2 aromatic carbocycles. The van der Waals surface area contributed by atoms with Crippen molar-refractivity contribution in [1.82, 2.24) is 15.1 Å². The van der Waals surface area contributed by atoms with Gasteiger partial charge in [-0.25, -0.2) is 0 Å². The summed E-state index contributed by atoms with van der Waals surface area (Å²) in [5.74, 6) is -0.155. The van der Waals surface area contributed by atoms with Crippen LogP contribution in [0.15, 0.2) is 48.0 Å². The van der Waals surface area contributed by atoms with Crippen molar-refractivity contribution in [3.63, 3.8) is 0 Å². The molecule has 1 aliphatic carbocycles. The molecule has 8 heteroatoms. The minimum atomic E-state index is -0.627. The van der Waals surface area contributed by atoms with Crippen LogP contribution in [0.4, 0.5) is 0 Å². The fourth-order valence-electron chi connectivity index (χ4n) is 6.31. The Kier molecular flexibility index (Phi) is 6.76. The molecule has 0 spiro atoms. The number of hydrogen-bond donors (Lipinski definition) is 1. The Bertz CT molecular complexity index is 1360. The van der Waals surface area contributed by atoms with Crippen LogP contribution in [0.1, 0.15) is 67.4 Å². The maximum absolute atomic E-state index is 13.1. The topological polar surface area (TPSA) is 79.0 Å². The zero-order valence-corrected chi connectivity index (χ0v) is 23.2. The van der Waals surface area contributed by atoms with Crippen LogP contribution in [0.2, 0.25) is 5.02 Å². The van der Waals surface area contributed by atoms with Crippen LogP contribution in [-0.2, 0) is 16.1 Å². The summed E-state index contributed by atoms with van der Waals surface area (Å²) in [6.45, 7) is 7.60. The Balaban J connectivity index is 1.11. The van der Waals surface area contributed by atoms with E-state index in [1.165, 1.54) is 23.1 Å². The normalized spacial score (nSPS) is 23.5. The highest BCUT2D eigenvalue weighted by molar-refractivity contribution is 6.30. The van der Waals surface area contributed by atoms with E-state index in [0.717, 1.165) is 43.1 Å². The van der Waals surface area contributed by atoms with Crippen LogP contribution >= 0.6 is 11.6 Å². The van der Waals surface area contributed by atoms with Gasteiger partial charge in [0.25, 0.3) is 5.91 Å². The van der Waals surface area contributed by atoms with Crippen LogP contribution in [0, 0.1) is 5.41 Å². The average Bonchev–Trinajstić information content (AvgIpc) is 3.21. The molecule has 2 fully saturated rings. The molecule has 3 amide bonds. The Morgan fingerprint density at radius 2 is 1.82 bits per heavy atom. The van der Waals surface area contributed by atoms with Crippen LogP contribution in [0.3, 0.4) is 0 Å². The SMILES string of the molecule is CC1(C)CCC(CN2CC(Oc3cccc4c3CN(C3CCC(=O)NC3=O)C4=O)C2)=C(c2ccc(Cl)cc2)C1. The number of imide groups is 1. The lowest BCUT2D eigenvalue weighted by molar-refractivity contribution is -0.136. The summed E-state index contributed by atoms with van der Waals surface area (Å²) in [4.78, 5) is 41.1. The molecule has 1 N–H and O–H groups in total. The Hall–Kier alpha value is -3.16. The van der Waals surface area contributed by atoms with E-state index in [1.54, 1.807) is 11.0 Å². The summed E-state index contributed by atoms with van der Waals surface area (Å²) in [7, 11) is 0. The molecule has 2 saturated heterocycles. The highest BCUT2D eigenvalue weighted by Gasteiger charge is 2.41. The van der Waals surface area contributed by atoms with E-state index in [2.05, 4.69) is 36.2 Å². The highest BCUT2D eigenvalue weighted by atomic mass is 35.5. The third-order valence-corrected chi connectivity index (χ3v) is 8.80. The van der Waals surface area contributed by atoms with Crippen molar-refractivity contribution < 1.29 is 19.1 Å². The third kappa shape index (κ3) is 5.22. The van der Waals surface area contributed by atoms with Crippen LogP contribution in [0.5, 0.6) is 5.75 Å². The number of nitrogens with zero attached hydrogens (tertiary/aromatic N) is 2. The van der Waals surface area contributed by atoms with Crippen molar-refractivity contribution in [2.45, 2.75) is 64.6 Å². The van der Waals surface area contributed by atoms with Crippen molar-refractivity contribution in [2.75, 3.05) is 19.6 Å². The van der Waals surface area contributed by atoms with Crippen molar-refractivity contribution in [1.29, 1.82) is 0 Å². The van der Waals surface area contributed by atoms with E-state index < -0.39 is 11.9 Å². The highest BCUT2D eigenvalue weighted by Crippen LogP contribution is 2.44. The molecule has 1 atom stereocenters. The number of fused-ring (bicyclic) bond motifs is 1. The number of likely N-dealkylation sites (tertiary alicyclic amines) is 1. The van der Waals surface area contributed by atoms with E-state index in [1.807, 2.05) is 24.3 Å². The summed E-state index contributed by atoms with van der Waals surface area (Å²) in [5.41, 5.74) is 5.90. The zero-order valence-electron chi connectivity index (χ0n) is 22.5. The minimum absolute atomic E-state index is 0.0517. The van der Waals surface area contributed by atoms with Gasteiger partial charge in [0.2, 0.25) is 11.8 Å². The van der Waals surface area contributed by atoms with Crippen LogP contribution in [-0.4, -0.2) is 59.3 Å². The third-order valence-electron chi connectivity index (χ3n) is 8.55. The summed E-state index contributed by atoms with van der Waals surface area (Å²) < 4.78 is 6.39. The lowest BCUT2D eigenvalue weighted by atomic mass is 9.72. The average molecular weight is 548 g/mol. The largest absolute Gasteiger partial charge is 0.487 e. The molecule has 0 radical (unpaired) electrons. The predicted octanol–water partition coefficient (Wildman–Crippen LogP) is 4.83. The maximum atomic E-state index is 13.1. The van der Waals surface area contributed by atoms with Gasteiger partial charge in [0.15, 0.2) is 0 Å². The number of allylic oxidation sites excluding steroid dienone is 1. The van der Waals surface area contributed by atoms with E-state index in [-0.39, 0.29) is 29.8 Å². The summed E-state index contributed by atoms with van der Waals surface area (Å²) in [6, 6.07) is 13.1. The van der Waals surface area contributed by atoms with Gasteiger partial charge in [-0.05, 0) is 66.5 Å². The number of benzene rings is 2. The van der Waals surface area contributed by atoms with Gasteiger partial charge < -0.3 is 9.64 Å². The van der Waals surface area contributed by atoms with Gasteiger partial charge >= 0.3 is 0 Å². The molecular formula is C31H34ClN3O4. The quantitative estimate of drug-likeness (QED) is 0.524. The maximum Gasteiger partial charge on any atom is 0.255 e. The van der Waals surface area contributed by atoms with E-state index in [4.69, 9.17) is 16.3 Å². The molecule has 2 aromatic rings. The molecule has 4 aliphatic rings.